The second kappa shape index (κ2) is 6.85. The molecule has 0 fully saturated rings. The van der Waals surface area contributed by atoms with Crippen LogP contribution < -0.4 is 11.1 Å². The molecule has 3 N–H and O–H groups in total. The number of amides is 1. The summed E-state index contributed by atoms with van der Waals surface area (Å²) in [5, 5.41) is 2.65. The lowest BCUT2D eigenvalue weighted by atomic mass is 10.1. The Balaban J connectivity index is 3.79. The van der Waals surface area contributed by atoms with Gasteiger partial charge in [-0.1, -0.05) is 0 Å². The Bertz CT molecular complexity index is 312. The molecule has 0 aromatic rings. The van der Waals surface area contributed by atoms with E-state index in [9.17, 15) is 13.2 Å². The average Bonchev–Trinajstić information content (AvgIpc) is 1.98. The smallest absolute Gasteiger partial charge is 0.220 e. The van der Waals surface area contributed by atoms with Gasteiger partial charge >= 0.3 is 0 Å². The summed E-state index contributed by atoms with van der Waals surface area (Å²) in [5.41, 5.74) is 5.55. The molecule has 1 amide bonds. The van der Waals surface area contributed by atoms with E-state index in [1.54, 1.807) is 6.92 Å². The molecule has 0 saturated carbocycles. The second-order valence-electron chi connectivity index (χ2n) is 4.43. The van der Waals surface area contributed by atoms with Gasteiger partial charge in [-0.15, -0.1) is 0 Å². The molecule has 96 valence electrons. The molecule has 0 aliphatic carbocycles. The van der Waals surface area contributed by atoms with Crippen LogP contribution in [0.1, 0.15) is 33.1 Å². The van der Waals surface area contributed by atoms with Crippen molar-refractivity contribution in [2.45, 2.75) is 45.2 Å². The molecule has 2 unspecified atom stereocenters. The van der Waals surface area contributed by atoms with Gasteiger partial charge in [0.05, 0.1) is 5.75 Å². The molecule has 16 heavy (non-hydrogen) atoms. The molecule has 0 rings (SSSR count). The minimum Gasteiger partial charge on any atom is -0.353 e. The Labute approximate surface area is 97.7 Å². The molecule has 0 aromatic heterocycles. The topological polar surface area (TPSA) is 89.3 Å². The molecule has 6 heteroatoms. The maximum Gasteiger partial charge on any atom is 0.220 e. The van der Waals surface area contributed by atoms with Crippen molar-refractivity contribution >= 4 is 15.7 Å². The van der Waals surface area contributed by atoms with E-state index in [0.29, 0.717) is 6.42 Å². The van der Waals surface area contributed by atoms with Crippen molar-refractivity contribution in [2.75, 3.05) is 12.0 Å². The van der Waals surface area contributed by atoms with E-state index in [2.05, 4.69) is 5.32 Å². The minimum absolute atomic E-state index is 0.0218. The van der Waals surface area contributed by atoms with E-state index in [1.165, 1.54) is 0 Å². The molecule has 0 aromatic carbocycles. The lowest BCUT2D eigenvalue weighted by Crippen LogP contribution is -2.37. The van der Waals surface area contributed by atoms with E-state index in [4.69, 9.17) is 5.73 Å². The molecule has 0 radical (unpaired) electrons. The molecule has 0 saturated heterocycles. The first kappa shape index (κ1) is 15.4. The van der Waals surface area contributed by atoms with Crippen molar-refractivity contribution in [3.63, 3.8) is 0 Å². The van der Waals surface area contributed by atoms with E-state index >= 15 is 0 Å². The number of carbonyl (C=O) groups excluding carboxylic acids is 1. The highest BCUT2D eigenvalue weighted by Gasteiger charge is 2.12. The largest absolute Gasteiger partial charge is 0.353 e. The zero-order chi connectivity index (χ0) is 12.8. The maximum atomic E-state index is 11.4. The van der Waals surface area contributed by atoms with Gasteiger partial charge < -0.3 is 11.1 Å². The fourth-order valence-electron chi connectivity index (χ4n) is 1.43. The number of hydrogen-bond acceptors (Lipinski definition) is 4. The molecule has 0 heterocycles. The quantitative estimate of drug-likeness (QED) is 0.668. The molecule has 0 spiro atoms. The highest BCUT2D eigenvalue weighted by Crippen LogP contribution is 1.99. The van der Waals surface area contributed by atoms with E-state index in [0.717, 1.165) is 19.1 Å². The highest BCUT2D eigenvalue weighted by molar-refractivity contribution is 7.90. The summed E-state index contributed by atoms with van der Waals surface area (Å²) in [6.07, 6.45) is 3.09. The molecule has 0 aliphatic rings. The van der Waals surface area contributed by atoms with Crippen LogP contribution in [0.2, 0.25) is 0 Å². The predicted molar refractivity (Wildman–Crippen MR) is 64.8 cm³/mol. The van der Waals surface area contributed by atoms with Crippen LogP contribution in [0.5, 0.6) is 0 Å². The van der Waals surface area contributed by atoms with Gasteiger partial charge in [-0.3, -0.25) is 4.79 Å². The van der Waals surface area contributed by atoms with Gasteiger partial charge in [0.1, 0.15) is 9.84 Å². The summed E-state index contributed by atoms with van der Waals surface area (Å²) in [4.78, 5) is 11.4. The van der Waals surface area contributed by atoms with E-state index in [1.807, 2.05) is 6.92 Å². The Morgan fingerprint density at radius 1 is 1.38 bits per heavy atom. The SMILES string of the molecule is CC(N)CCCC(=O)NC(C)CS(C)(=O)=O. The molecular formula is C10H22N2O3S. The first-order valence-electron chi connectivity index (χ1n) is 5.43. The summed E-state index contributed by atoms with van der Waals surface area (Å²) in [5.74, 6) is -0.136. The van der Waals surface area contributed by atoms with Crippen molar-refractivity contribution in [3.05, 3.63) is 0 Å². The lowest BCUT2D eigenvalue weighted by Gasteiger charge is -2.12. The van der Waals surface area contributed by atoms with E-state index < -0.39 is 9.84 Å². The van der Waals surface area contributed by atoms with Crippen LogP contribution in [0.4, 0.5) is 0 Å². The Kier molecular flexibility index (Phi) is 6.59. The van der Waals surface area contributed by atoms with Crippen molar-refractivity contribution in [1.82, 2.24) is 5.32 Å². The van der Waals surface area contributed by atoms with Gasteiger partial charge in [-0.25, -0.2) is 8.42 Å². The Morgan fingerprint density at radius 3 is 2.38 bits per heavy atom. The van der Waals surface area contributed by atoms with Crippen LogP contribution in [0.15, 0.2) is 0 Å². The van der Waals surface area contributed by atoms with Crippen LogP contribution in [-0.2, 0) is 14.6 Å². The molecule has 0 bridgehead atoms. The number of nitrogens with two attached hydrogens (primary N) is 1. The molecule has 0 aliphatic heterocycles. The van der Waals surface area contributed by atoms with Crippen molar-refractivity contribution in [3.8, 4) is 0 Å². The predicted octanol–water partition coefficient (Wildman–Crippen LogP) is 0.0532. The summed E-state index contributed by atoms with van der Waals surface area (Å²) in [7, 11) is -3.04. The fourth-order valence-corrected chi connectivity index (χ4v) is 2.42. The first-order chi connectivity index (χ1) is 7.20. The zero-order valence-corrected chi connectivity index (χ0v) is 11.0. The third kappa shape index (κ3) is 9.92. The van der Waals surface area contributed by atoms with Crippen LogP contribution in [0.25, 0.3) is 0 Å². The summed E-state index contributed by atoms with van der Waals surface area (Å²) < 4.78 is 21.9. The third-order valence-electron chi connectivity index (χ3n) is 2.02. The number of rotatable bonds is 7. The van der Waals surface area contributed by atoms with Gasteiger partial charge in [-0.05, 0) is 26.7 Å². The van der Waals surface area contributed by atoms with Crippen LogP contribution in [0.3, 0.4) is 0 Å². The number of nitrogens with one attached hydrogen (secondary N) is 1. The zero-order valence-electron chi connectivity index (χ0n) is 10.2. The van der Waals surface area contributed by atoms with Gasteiger partial charge in [0.2, 0.25) is 5.91 Å². The summed E-state index contributed by atoms with van der Waals surface area (Å²) in [6, 6.07) is -0.237. The minimum atomic E-state index is -3.04. The Morgan fingerprint density at radius 2 is 1.94 bits per heavy atom. The molecular weight excluding hydrogens is 228 g/mol. The average molecular weight is 250 g/mol. The van der Waals surface area contributed by atoms with Gasteiger partial charge in [0.15, 0.2) is 0 Å². The standard InChI is InChI=1S/C10H22N2O3S/c1-8(11)5-4-6-10(13)12-9(2)7-16(3,14)15/h8-9H,4-7,11H2,1-3H3,(H,12,13). The highest BCUT2D eigenvalue weighted by atomic mass is 32.2. The van der Waals surface area contributed by atoms with Crippen molar-refractivity contribution in [2.24, 2.45) is 5.73 Å². The third-order valence-corrected chi connectivity index (χ3v) is 3.13. The molecule has 5 nitrogen and oxygen atoms in total. The first-order valence-corrected chi connectivity index (χ1v) is 7.49. The van der Waals surface area contributed by atoms with Gasteiger partial charge in [-0.2, -0.15) is 0 Å². The van der Waals surface area contributed by atoms with Gasteiger partial charge in [0.25, 0.3) is 0 Å². The van der Waals surface area contributed by atoms with Crippen LogP contribution in [-0.4, -0.2) is 38.4 Å². The maximum absolute atomic E-state index is 11.4. The summed E-state index contributed by atoms with van der Waals surface area (Å²) >= 11 is 0. The lowest BCUT2D eigenvalue weighted by molar-refractivity contribution is -0.121. The van der Waals surface area contributed by atoms with Crippen molar-refractivity contribution < 1.29 is 13.2 Å². The van der Waals surface area contributed by atoms with Gasteiger partial charge in [0, 0.05) is 24.8 Å². The fraction of sp³-hybridized carbons (Fsp3) is 0.900. The number of sulfone groups is 1. The van der Waals surface area contributed by atoms with Crippen molar-refractivity contribution in [1.29, 1.82) is 0 Å². The summed E-state index contributed by atoms with van der Waals surface area (Å²) in [6.45, 7) is 3.58. The molecule has 2 atom stereocenters. The van der Waals surface area contributed by atoms with Crippen LogP contribution >= 0.6 is 0 Å². The normalized spacial score (nSPS) is 15.5. The second-order valence-corrected chi connectivity index (χ2v) is 6.62. The van der Waals surface area contributed by atoms with Crippen LogP contribution in [0, 0.1) is 0 Å². The number of hydrogen-bond donors (Lipinski definition) is 2. The van der Waals surface area contributed by atoms with E-state index in [-0.39, 0.29) is 23.7 Å². The monoisotopic (exact) mass is 250 g/mol. The Hall–Kier alpha value is -0.620. The number of carbonyl (C=O) groups is 1.